The zero-order valence-corrected chi connectivity index (χ0v) is 13.8. The fourth-order valence-electron chi connectivity index (χ4n) is 2.96. The maximum Gasteiger partial charge on any atom is 0.260 e. The van der Waals surface area contributed by atoms with Crippen LogP contribution in [0.25, 0.3) is 0 Å². The van der Waals surface area contributed by atoms with Crippen molar-refractivity contribution in [3.8, 4) is 0 Å². The second-order valence-corrected chi connectivity index (χ2v) is 7.68. The summed E-state index contributed by atoms with van der Waals surface area (Å²) in [5.41, 5.74) is 6.89. The number of primary amides is 1. The summed E-state index contributed by atoms with van der Waals surface area (Å²) < 4.78 is 23.9. The van der Waals surface area contributed by atoms with Gasteiger partial charge in [-0.2, -0.15) is 0 Å². The van der Waals surface area contributed by atoms with Crippen LogP contribution in [-0.4, -0.2) is 32.5 Å². The molecule has 1 unspecified atom stereocenters. The van der Waals surface area contributed by atoms with Crippen molar-refractivity contribution in [2.24, 2.45) is 5.73 Å². The van der Waals surface area contributed by atoms with Crippen LogP contribution in [0.15, 0.2) is 53.4 Å². The van der Waals surface area contributed by atoms with Crippen molar-refractivity contribution in [3.63, 3.8) is 0 Å². The molecule has 1 atom stereocenters. The van der Waals surface area contributed by atoms with E-state index in [4.69, 9.17) is 5.73 Å². The Morgan fingerprint density at radius 3 is 2.38 bits per heavy atom. The van der Waals surface area contributed by atoms with E-state index in [9.17, 15) is 18.0 Å². The number of benzene rings is 2. The Morgan fingerprint density at radius 1 is 1.08 bits per heavy atom. The Balaban J connectivity index is 2.14. The van der Waals surface area contributed by atoms with Gasteiger partial charge in [-0.3, -0.25) is 14.5 Å². The van der Waals surface area contributed by atoms with Gasteiger partial charge < -0.3 is 5.73 Å². The number of carbonyl (C=O) groups excluding carboxylic acids is 2. The van der Waals surface area contributed by atoms with Gasteiger partial charge in [0.1, 0.15) is 6.04 Å². The predicted molar refractivity (Wildman–Crippen MR) is 89.5 cm³/mol. The summed E-state index contributed by atoms with van der Waals surface area (Å²) in [4.78, 5) is 26.1. The molecule has 0 radical (unpaired) electrons. The topological polar surface area (TPSA) is 97.5 Å². The fourth-order valence-corrected chi connectivity index (χ4v) is 3.84. The maximum atomic E-state index is 13.0. The number of carbonyl (C=O) groups is 2. The second-order valence-electron chi connectivity index (χ2n) is 5.69. The number of rotatable bonds is 3. The lowest BCUT2D eigenvalue weighted by Gasteiger charge is -2.24. The van der Waals surface area contributed by atoms with E-state index in [1.54, 1.807) is 24.3 Å². The molecule has 0 bridgehead atoms. The number of hydrogen-bond acceptors (Lipinski definition) is 4. The molecular formula is C17H16N2O4S. The fraction of sp³-hybridized carbons (Fsp3) is 0.176. The summed E-state index contributed by atoms with van der Waals surface area (Å²) >= 11 is 0. The van der Waals surface area contributed by atoms with E-state index in [1.165, 1.54) is 17.0 Å². The Morgan fingerprint density at radius 2 is 1.71 bits per heavy atom. The highest BCUT2D eigenvalue weighted by atomic mass is 32.2. The van der Waals surface area contributed by atoms with Crippen LogP contribution >= 0.6 is 0 Å². The largest absolute Gasteiger partial charge is 0.368 e. The first-order chi connectivity index (χ1) is 11.3. The van der Waals surface area contributed by atoms with E-state index in [-0.39, 0.29) is 10.5 Å². The Kier molecular flexibility index (Phi) is 3.88. The van der Waals surface area contributed by atoms with E-state index < -0.39 is 27.7 Å². The van der Waals surface area contributed by atoms with Gasteiger partial charge in [-0.05, 0) is 23.8 Å². The van der Waals surface area contributed by atoms with Crippen LogP contribution in [0.3, 0.4) is 0 Å². The van der Waals surface area contributed by atoms with Gasteiger partial charge in [-0.1, -0.05) is 30.3 Å². The second kappa shape index (κ2) is 5.76. The van der Waals surface area contributed by atoms with Gasteiger partial charge in [0.05, 0.1) is 10.5 Å². The Labute approximate surface area is 139 Å². The molecule has 0 aliphatic carbocycles. The highest BCUT2D eigenvalue weighted by molar-refractivity contribution is 7.90. The summed E-state index contributed by atoms with van der Waals surface area (Å²) in [6, 6.07) is 12.2. The number of amides is 2. The number of nitrogens with two attached hydrogens (primary N) is 1. The number of hydrogen-bond donors (Lipinski definition) is 1. The van der Waals surface area contributed by atoms with Crippen LogP contribution in [-0.2, 0) is 21.1 Å². The van der Waals surface area contributed by atoms with Crippen molar-refractivity contribution in [1.29, 1.82) is 0 Å². The lowest BCUT2D eigenvalue weighted by Crippen LogP contribution is -2.46. The highest BCUT2D eigenvalue weighted by Gasteiger charge is 2.38. The Hall–Kier alpha value is -2.67. The highest BCUT2D eigenvalue weighted by Crippen LogP contribution is 2.34. The number of anilines is 1. The molecule has 0 saturated carbocycles. The standard InChI is InChI=1S/C17H16N2O4S/c1-24(22,23)15-9-5-3-7-12(15)17(21)19-13-8-4-2-6-11(13)10-14(19)16(18)20/h2-9,14H,10H2,1H3,(H2,18,20). The minimum Gasteiger partial charge on any atom is -0.368 e. The smallest absolute Gasteiger partial charge is 0.260 e. The van der Waals surface area contributed by atoms with Gasteiger partial charge in [0, 0.05) is 18.4 Å². The molecule has 0 spiro atoms. The summed E-state index contributed by atoms with van der Waals surface area (Å²) in [5, 5.41) is 0. The molecule has 24 heavy (non-hydrogen) atoms. The van der Waals surface area contributed by atoms with Crippen molar-refractivity contribution < 1.29 is 18.0 Å². The molecule has 6 nitrogen and oxygen atoms in total. The van der Waals surface area contributed by atoms with E-state index in [0.717, 1.165) is 11.8 Å². The molecule has 0 fully saturated rings. The van der Waals surface area contributed by atoms with Crippen molar-refractivity contribution in [2.75, 3.05) is 11.2 Å². The number of fused-ring (bicyclic) bond motifs is 1. The van der Waals surface area contributed by atoms with Crippen molar-refractivity contribution in [3.05, 3.63) is 59.7 Å². The average Bonchev–Trinajstić information content (AvgIpc) is 2.93. The summed E-state index contributed by atoms with van der Waals surface area (Å²) in [6.07, 6.45) is 1.36. The van der Waals surface area contributed by atoms with Crippen LogP contribution in [0.1, 0.15) is 15.9 Å². The molecule has 2 amide bonds. The summed E-state index contributed by atoms with van der Waals surface area (Å²) in [5.74, 6) is -1.18. The van der Waals surface area contributed by atoms with Gasteiger partial charge in [0.25, 0.3) is 5.91 Å². The zero-order valence-electron chi connectivity index (χ0n) is 13.0. The number of sulfone groups is 1. The maximum absolute atomic E-state index is 13.0. The first kappa shape index (κ1) is 16.2. The molecule has 124 valence electrons. The third-order valence-electron chi connectivity index (χ3n) is 4.04. The molecule has 1 aliphatic heterocycles. The van der Waals surface area contributed by atoms with E-state index in [2.05, 4.69) is 0 Å². The van der Waals surface area contributed by atoms with Crippen LogP contribution in [0.2, 0.25) is 0 Å². The molecule has 0 saturated heterocycles. The minimum absolute atomic E-state index is 0.0305. The van der Waals surface area contributed by atoms with Crippen LogP contribution in [0, 0.1) is 0 Å². The van der Waals surface area contributed by atoms with Crippen LogP contribution in [0.5, 0.6) is 0 Å². The normalized spacial score (nSPS) is 16.7. The quantitative estimate of drug-likeness (QED) is 0.903. The molecular weight excluding hydrogens is 328 g/mol. The molecule has 7 heteroatoms. The molecule has 2 aromatic carbocycles. The predicted octanol–water partition coefficient (Wildman–Crippen LogP) is 1.15. The number of para-hydroxylation sites is 1. The van der Waals surface area contributed by atoms with E-state index in [0.29, 0.717) is 12.1 Å². The van der Waals surface area contributed by atoms with Crippen molar-refractivity contribution in [2.45, 2.75) is 17.4 Å². The van der Waals surface area contributed by atoms with E-state index in [1.807, 2.05) is 12.1 Å². The van der Waals surface area contributed by atoms with Crippen LogP contribution < -0.4 is 10.6 Å². The van der Waals surface area contributed by atoms with Gasteiger partial charge in [0.2, 0.25) is 5.91 Å². The third-order valence-corrected chi connectivity index (χ3v) is 5.20. The van der Waals surface area contributed by atoms with Crippen molar-refractivity contribution >= 4 is 27.3 Å². The first-order valence-electron chi connectivity index (χ1n) is 7.30. The average molecular weight is 344 g/mol. The summed E-state index contributed by atoms with van der Waals surface area (Å²) in [6.45, 7) is 0. The SMILES string of the molecule is CS(=O)(=O)c1ccccc1C(=O)N1c2ccccc2CC1C(N)=O. The lowest BCUT2D eigenvalue weighted by atomic mass is 10.1. The van der Waals surface area contributed by atoms with Gasteiger partial charge >= 0.3 is 0 Å². The molecule has 2 N–H and O–H groups in total. The van der Waals surface area contributed by atoms with Gasteiger partial charge in [-0.15, -0.1) is 0 Å². The first-order valence-corrected chi connectivity index (χ1v) is 9.19. The van der Waals surface area contributed by atoms with E-state index >= 15 is 0 Å². The van der Waals surface area contributed by atoms with Gasteiger partial charge in [0.15, 0.2) is 9.84 Å². The van der Waals surface area contributed by atoms with Gasteiger partial charge in [-0.25, -0.2) is 8.42 Å². The molecule has 0 aromatic heterocycles. The molecule has 3 rings (SSSR count). The lowest BCUT2D eigenvalue weighted by molar-refractivity contribution is -0.119. The number of nitrogens with zero attached hydrogens (tertiary/aromatic N) is 1. The molecule has 2 aromatic rings. The summed E-state index contributed by atoms with van der Waals surface area (Å²) in [7, 11) is -3.59. The molecule has 1 heterocycles. The van der Waals surface area contributed by atoms with Crippen LogP contribution in [0.4, 0.5) is 5.69 Å². The Bertz CT molecular complexity index is 937. The zero-order chi connectivity index (χ0) is 17.5. The minimum atomic E-state index is -3.59. The monoisotopic (exact) mass is 344 g/mol. The third kappa shape index (κ3) is 2.67. The van der Waals surface area contributed by atoms with Crippen molar-refractivity contribution in [1.82, 2.24) is 0 Å². The molecule has 1 aliphatic rings.